The molecule has 4 nitrogen and oxygen atoms in total. The van der Waals surface area contributed by atoms with Crippen LogP contribution in [0.15, 0.2) is 79.1 Å². The maximum absolute atomic E-state index is 6.97. The molecule has 192 valence electrons. The second kappa shape index (κ2) is 14.0. The first kappa shape index (κ1) is 29.2. The molecular formula is C26H25BrCl5N3O. The molecule has 1 heterocycles. The fourth-order valence-electron chi connectivity index (χ4n) is 3.71. The van der Waals surface area contributed by atoms with E-state index in [4.69, 9.17) is 62.7 Å². The van der Waals surface area contributed by atoms with E-state index in [-0.39, 0.29) is 23.1 Å². The van der Waals surface area contributed by atoms with Crippen molar-refractivity contribution in [2.75, 3.05) is 25.1 Å². The molecule has 1 aliphatic heterocycles. The van der Waals surface area contributed by atoms with E-state index in [1.54, 1.807) is 0 Å². The van der Waals surface area contributed by atoms with Crippen LogP contribution in [0.25, 0.3) is 0 Å². The number of hydrogen-bond donors (Lipinski definition) is 1. The zero-order chi connectivity index (χ0) is 24.8. The van der Waals surface area contributed by atoms with Crippen molar-refractivity contribution in [3.8, 4) is 0 Å². The van der Waals surface area contributed by atoms with Gasteiger partial charge in [0.25, 0.3) is 0 Å². The first-order chi connectivity index (χ1) is 16.9. The summed E-state index contributed by atoms with van der Waals surface area (Å²) < 4.78 is 6.31. The predicted molar refractivity (Wildman–Crippen MR) is 158 cm³/mol. The van der Waals surface area contributed by atoms with Crippen molar-refractivity contribution in [1.82, 2.24) is 9.80 Å². The van der Waals surface area contributed by atoms with Gasteiger partial charge in [-0.15, -0.1) is 17.0 Å². The number of para-hydroxylation sites is 1. The summed E-state index contributed by atoms with van der Waals surface area (Å²) in [6.07, 6.45) is 3.62. The Morgan fingerprint density at radius 2 is 1.44 bits per heavy atom. The zero-order valence-electron chi connectivity index (χ0n) is 19.1. The number of nitrogens with one attached hydrogen (secondary N) is 1. The molecule has 1 aliphatic rings. The fraction of sp³-hybridized carbons (Fsp3) is 0.231. The SMILES string of the molecule is Br.Clc1ccc(COC(c2ccc(Cl)cc2)C(Cl)N2C=CN(CCNc3c(Cl)cccc3Cl)C2)cc1. The summed E-state index contributed by atoms with van der Waals surface area (Å²) in [6.45, 7) is 2.44. The number of nitrogens with zero attached hydrogens (tertiary/aromatic N) is 2. The molecule has 1 N–H and O–H groups in total. The van der Waals surface area contributed by atoms with Gasteiger partial charge in [-0.2, -0.15) is 0 Å². The summed E-state index contributed by atoms with van der Waals surface area (Å²) in [4.78, 5) is 4.20. The molecular weight excluding hydrogens is 627 g/mol. The largest absolute Gasteiger partial charge is 0.381 e. The molecule has 10 heteroatoms. The topological polar surface area (TPSA) is 27.7 Å². The van der Waals surface area contributed by atoms with Crippen molar-refractivity contribution in [2.45, 2.75) is 18.2 Å². The third kappa shape index (κ3) is 7.84. The van der Waals surface area contributed by atoms with Gasteiger partial charge >= 0.3 is 0 Å². The second-order valence-corrected chi connectivity index (χ2v) is 10.2. The van der Waals surface area contributed by atoms with Gasteiger partial charge in [-0.3, -0.25) is 0 Å². The highest BCUT2D eigenvalue weighted by Gasteiger charge is 2.29. The van der Waals surface area contributed by atoms with Crippen LogP contribution in [0, 0.1) is 0 Å². The summed E-state index contributed by atoms with van der Waals surface area (Å²) in [6, 6.07) is 20.6. The van der Waals surface area contributed by atoms with Gasteiger partial charge in [0, 0.05) is 35.5 Å². The summed E-state index contributed by atoms with van der Waals surface area (Å²) >= 11 is 31.6. The van der Waals surface area contributed by atoms with E-state index in [2.05, 4.69) is 10.2 Å². The molecule has 36 heavy (non-hydrogen) atoms. The van der Waals surface area contributed by atoms with Crippen LogP contribution in [0.3, 0.4) is 0 Å². The van der Waals surface area contributed by atoms with Crippen LogP contribution >= 0.6 is 75.0 Å². The summed E-state index contributed by atoms with van der Waals surface area (Å²) in [7, 11) is 0. The van der Waals surface area contributed by atoms with Gasteiger partial charge < -0.3 is 19.9 Å². The Morgan fingerprint density at radius 1 is 0.833 bits per heavy atom. The average molecular weight is 653 g/mol. The van der Waals surface area contributed by atoms with E-state index in [9.17, 15) is 0 Å². The summed E-state index contributed by atoms with van der Waals surface area (Å²) in [5, 5.41) is 5.86. The molecule has 2 unspecified atom stereocenters. The maximum atomic E-state index is 6.97. The molecule has 3 aromatic carbocycles. The van der Waals surface area contributed by atoms with Gasteiger partial charge in [-0.05, 0) is 47.5 Å². The van der Waals surface area contributed by atoms with Crippen LogP contribution in [0.5, 0.6) is 0 Å². The van der Waals surface area contributed by atoms with E-state index in [1.807, 2.05) is 84.0 Å². The van der Waals surface area contributed by atoms with Crippen molar-refractivity contribution in [3.63, 3.8) is 0 Å². The lowest BCUT2D eigenvalue weighted by Gasteiger charge is -2.31. The highest BCUT2D eigenvalue weighted by molar-refractivity contribution is 8.93. The van der Waals surface area contributed by atoms with E-state index in [0.717, 1.165) is 23.4 Å². The number of ether oxygens (including phenoxy) is 1. The van der Waals surface area contributed by atoms with Crippen molar-refractivity contribution in [1.29, 1.82) is 0 Å². The van der Waals surface area contributed by atoms with Crippen molar-refractivity contribution in [2.24, 2.45) is 0 Å². The average Bonchev–Trinajstić information content (AvgIpc) is 3.32. The van der Waals surface area contributed by atoms with Crippen LogP contribution in [0.4, 0.5) is 5.69 Å². The molecule has 0 spiro atoms. The van der Waals surface area contributed by atoms with Crippen LogP contribution in [-0.4, -0.2) is 35.1 Å². The lowest BCUT2D eigenvalue weighted by atomic mass is 10.1. The third-order valence-corrected chi connectivity index (χ3v) is 7.20. The number of hydrogen-bond acceptors (Lipinski definition) is 4. The lowest BCUT2D eigenvalue weighted by Crippen LogP contribution is -2.36. The number of rotatable bonds is 10. The molecule has 0 radical (unpaired) electrons. The van der Waals surface area contributed by atoms with Gasteiger partial charge in [0.2, 0.25) is 0 Å². The standard InChI is InChI=1S/C26H24Cl5N3O.BrH/c27-20-8-4-18(5-9-20)16-35-25(19-6-10-21(28)11-7-19)26(31)34-15-14-33(17-34)13-12-32-24-22(29)2-1-3-23(24)30;/h1-11,14-15,25-26,32H,12-13,16-17H2;1H. The molecule has 0 saturated carbocycles. The van der Waals surface area contributed by atoms with Gasteiger partial charge in [0.15, 0.2) is 0 Å². The molecule has 0 saturated heterocycles. The minimum Gasteiger partial charge on any atom is -0.381 e. The quantitative estimate of drug-likeness (QED) is 0.175. The van der Waals surface area contributed by atoms with Crippen molar-refractivity contribution < 1.29 is 4.74 Å². The Hall–Kier alpha value is -1.31. The van der Waals surface area contributed by atoms with Crippen molar-refractivity contribution >= 4 is 80.7 Å². The van der Waals surface area contributed by atoms with Crippen molar-refractivity contribution in [3.05, 3.63) is 110 Å². The number of anilines is 1. The molecule has 0 fully saturated rings. The third-order valence-electron chi connectivity index (χ3n) is 5.59. The van der Waals surface area contributed by atoms with E-state index >= 15 is 0 Å². The predicted octanol–water partition coefficient (Wildman–Crippen LogP) is 8.86. The Morgan fingerprint density at radius 3 is 2.08 bits per heavy atom. The Kier molecular flexibility index (Phi) is 11.4. The van der Waals surface area contributed by atoms with Crippen LogP contribution in [0.1, 0.15) is 17.2 Å². The highest BCUT2D eigenvalue weighted by Crippen LogP contribution is 2.32. The molecule has 0 aliphatic carbocycles. The zero-order valence-corrected chi connectivity index (χ0v) is 24.6. The van der Waals surface area contributed by atoms with Crippen LogP contribution in [-0.2, 0) is 11.3 Å². The van der Waals surface area contributed by atoms with Gasteiger partial charge in [0.05, 0.1) is 29.0 Å². The minimum atomic E-state index is -0.435. The normalized spacial score (nSPS) is 14.5. The van der Waals surface area contributed by atoms with E-state index < -0.39 is 5.50 Å². The van der Waals surface area contributed by atoms with Gasteiger partial charge in [-0.25, -0.2) is 0 Å². The van der Waals surface area contributed by atoms with Crippen LogP contribution < -0.4 is 5.32 Å². The van der Waals surface area contributed by atoms with Gasteiger partial charge in [-0.1, -0.05) is 88.3 Å². The summed E-state index contributed by atoms with van der Waals surface area (Å²) in [5.41, 5.74) is 2.27. The molecule has 0 aromatic heterocycles. The summed E-state index contributed by atoms with van der Waals surface area (Å²) in [5.74, 6) is 0. The van der Waals surface area contributed by atoms with Gasteiger partial charge in [0.1, 0.15) is 11.6 Å². The minimum absolute atomic E-state index is 0. The number of alkyl halides is 1. The monoisotopic (exact) mass is 649 g/mol. The molecule has 0 bridgehead atoms. The van der Waals surface area contributed by atoms with E-state index in [0.29, 0.717) is 39.9 Å². The lowest BCUT2D eigenvalue weighted by molar-refractivity contribution is 0.00694. The highest BCUT2D eigenvalue weighted by atomic mass is 79.9. The Balaban J connectivity index is 0.00000361. The van der Waals surface area contributed by atoms with E-state index in [1.165, 1.54) is 0 Å². The van der Waals surface area contributed by atoms with Crippen LogP contribution in [0.2, 0.25) is 20.1 Å². The molecule has 4 rings (SSSR count). The Bertz CT molecular complexity index is 1130. The molecule has 2 atom stereocenters. The molecule has 3 aromatic rings. The molecule has 0 amide bonds. The maximum Gasteiger partial charge on any atom is 0.135 e. The first-order valence-corrected chi connectivity index (χ1v) is 13.0. The second-order valence-electron chi connectivity index (χ2n) is 8.07. The fourth-order valence-corrected chi connectivity index (χ4v) is 4.84. The first-order valence-electron chi connectivity index (χ1n) is 11.0. The Labute approximate surface area is 247 Å². The smallest absolute Gasteiger partial charge is 0.135 e. The number of halogens is 6. The number of benzene rings is 3.